The average Bonchev–Trinajstić information content (AvgIpc) is 3.20. The molecule has 0 unspecified atom stereocenters. The normalized spacial score (nSPS) is 14.5. The van der Waals surface area contributed by atoms with Gasteiger partial charge in [0.15, 0.2) is 0 Å². The molecule has 0 bridgehead atoms. The fourth-order valence-electron chi connectivity index (χ4n) is 2.84. The lowest BCUT2D eigenvalue weighted by molar-refractivity contribution is 0.0600. The Kier molecular flexibility index (Phi) is 5.03. The lowest BCUT2D eigenvalue weighted by atomic mass is 10.0. The Hall–Kier alpha value is -1.70. The molecule has 0 spiro atoms. The molecule has 0 fully saturated rings. The van der Waals surface area contributed by atoms with Gasteiger partial charge >= 0.3 is 5.97 Å². The molecular formula is C17H20N2O3S2. The number of esters is 1. The molecule has 1 amide bonds. The van der Waals surface area contributed by atoms with E-state index in [1.54, 1.807) is 6.07 Å². The number of nitrogens with one attached hydrogen (secondary N) is 1. The molecule has 0 aromatic carbocycles. The second-order valence-corrected chi connectivity index (χ2v) is 8.00. The van der Waals surface area contributed by atoms with Crippen molar-refractivity contribution in [2.75, 3.05) is 19.0 Å². The number of anilines is 1. The fraction of sp³-hybridized carbons (Fsp3) is 0.412. The Bertz CT molecular complexity index is 750. The zero-order valence-corrected chi connectivity index (χ0v) is 15.6. The van der Waals surface area contributed by atoms with Crippen LogP contribution in [0.25, 0.3) is 0 Å². The topological polar surface area (TPSA) is 58.6 Å². The van der Waals surface area contributed by atoms with E-state index in [1.807, 2.05) is 11.4 Å². The van der Waals surface area contributed by atoms with Crippen molar-refractivity contribution in [2.45, 2.75) is 32.9 Å². The number of fused-ring (bicyclic) bond motifs is 1. The highest BCUT2D eigenvalue weighted by atomic mass is 32.1. The van der Waals surface area contributed by atoms with Crippen LogP contribution in [0.2, 0.25) is 0 Å². The van der Waals surface area contributed by atoms with Crippen molar-refractivity contribution >= 4 is 39.6 Å². The third kappa shape index (κ3) is 3.24. The van der Waals surface area contributed by atoms with Gasteiger partial charge in [-0.05, 0) is 37.3 Å². The molecule has 0 atom stereocenters. The number of ether oxygens (including phenoxy) is 1. The quantitative estimate of drug-likeness (QED) is 0.842. The second kappa shape index (κ2) is 7.04. The molecule has 1 aliphatic rings. The summed E-state index contributed by atoms with van der Waals surface area (Å²) in [6.45, 7) is 6.04. The average molecular weight is 364 g/mol. The molecule has 7 heteroatoms. The summed E-state index contributed by atoms with van der Waals surface area (Å²) in [5.74, 6) is -0.568. The fourth-order valence-corrected chi connectivity index (χ4v) is 4.72. The Labute approximate surface area is 149 Å². The van der Waals surface area contributed by atoms with Gasteiger partial charge in [0.05, 0.1) is 17.6 Å². The zero-order chi connectivity index (χ0) is 17.3. The maximum Gasteiger partial charge on any atom is 0.341 e. The summed E-state index contributed by atoms with van der Waals surface area (Å²) in [6.07, 6.45) is 0.795. The summed E-state index contributed by atoms with van der Waals surface area (Å²) in [5.41, 5.74) is 1.54. The van der Waals surface area contributed by atoms with E-state index < -0.39 is 0 Å². The van der Waals surface area contributed by atoms with Crippen molar-refractivity contribution in [3.8, 4) is 0 Å². The van der Waals surface area contributed by atoms with Crippen LogP contribution in [-0.4, -0.2) is 36.5 Å². The number of thiophene rings is 2. The first-order chi connectivity index (χ1) is 11.5. The highest BCUT2D eigenvalue weighted by Crippen LogP contribution is 2.38. The van der Waals surface area contributed by atoms with Gasteiger partial charge in [0.2, 0.25) is 0 Å². The van der Waals surface area contributed by atoms with E-state index in [4.69, 9.17) is 4.74 Å². The number of hydrogen-bond donors (Lipinski definition) is 1. The van der Waals surface area contributed by atoms with E-state index in [-0.39, 0.29) is 11.9 Å². The molecule has 128 valence electrons. The number of methoxy groups -OCH3 is 1. The molecule has 3 rings (SSSR count). The molecule has 0 saturated heterocycles. The molecule has 0 radical (unpaired) electrons. The van der Waals surface area contributed by atoms with Gasteiger partial charge in [0, 0.05) is 24.0 Å². The number of hydrogen-bond acceptors (Lipinski definition) is 6. The molecular weight excluding hydrogens is 344 g/mol. The summed E-state index contributed by atoms with van der Waals surface area (Å²) in [4.78, 5) is 28.8. The molecule has 2 aromatic rings. The van der Waals surface area contributed by atoms with Gasteiger partial charge in [-0.25, -0.2) is 4.79 Å². The van der Waals surface area contributed by atoms with Crippen molar-refractivity contribution in [2.24, 2.45) is 0 Å². The van der Waals surface area contributed by atoms with E-state index >= 15 is 0 Å². The highest BCUT2D eigenvalue weighted by Gasteiger charge is 2.30. The third-order valence-electron chi connectivity index (χ3n) is 4.18. The van der Waals surface area contributed by atoms with Gasteiger partial charge in [-0.3, -0.25) is 9.69 Å². The van der Waals surface area contributed by atoms with Crippen LogP contribution < -0.4 is 5.32 Å². The Morgan fingerprint density at radius 2 is 2.17 bits per heavy atom. The molecule has 0 aliphatic carbocycles. The predicted octanol–water partition coefficient (Wildman–Crippen LogP) is 3.62. The van der Waals surface area contributed by atoms with E-state index in [0.717, 1.165) is 30.0 Å². The Balaban J connectivity index is 1.94. The SMILES string of the molecule is COC(=O)c1c(NC(=O)c2cccs2)sc2c1CCN(C(C)C)C2. The minimum absolute atomic E-state index is 0.186. The molecule has 1 aliphatic heterocycles. The summed E-state index contributed by atoms with van der Waals surface area (Å²) >= 11 is 2.86. The van der Waals surface area contributed by atoms with Crippen LogP contribution in [0.1, 0.15) is 44.3 Å². The summed E-state index contributed by atoms with van der Waals surface area (Å²) in [5, 5.41) is 5.35. The Morgan fingerprint density at radius 3 is 2.79 bits per heavy atom. The second-order valence-electron chi connectivity index (χ2n) is 5.95. The van der Waals surface area contributed by atoms with Crippen LogP contribution in [0.15, 0.2) is 17.5 Å². The molecule has 3 heterocycles. The summed E-state index contributed by atoms with van der Waals surface area (Å²) < 4.78 is 4.95. The maximum atomic E-state index is 12.4. The number of carbonyl (C=O) groups is 2. The largest absolute Gasteiger partial charge is 0.465 e. The molecule has 5 nitrogen and oxygen atoms in total. The third-order valence-corrected chi connectivity index (χ3v) is 6.18. The first-order valence-electron chi connectivity index (χ1n) is 7.83. The van der Waals surface area contributed by atoms with Crippen molar-refractivity contribution in [3.63, 3.8) is 0 Å². The van der Waals surface area contributed by atoms with Gasteiger partial charge in [0.25, 0.3) is 5.91 Å². The first kappa shape index (κ1) is 17.1. The van der Waals surface area contributed by atoms with E-state index in [1.165, 1.54) is 29.8 Å². The van der Waals surface area contributed by atoms with E-state index in [2.05, 4.69) is 24.1 Å². The van der Waals surface area contributed by atoms with Crippen LogP contribution in [0.3, 0.4) is 0 Å². The Morgan fingerprint density at radius 1 is 1.38 bits per heavy atom. The van der Waals surface area contributed by atoms with Crippen LogP contribution in [0, 0.1) is 0 Å². The lowest BCUT2D eigenvalue weighted by Gasteiger charge is -2.30. The highest BCUT2D eigenvalue weighted by molar-refractivity contribution is 7.17. The molecule has 0 saturated carbocycles. The summed E-state index contributed by atoms with van der Waals surface area (Å²) in [7, 11) is 1.38. The van der Waals surface area contributed by atoms with Crippen molar-refractivity contribution in [1.29, 1.82) is 0 Å². The first-order valence-corrected chi connectivity index (χ1v) is 9.52. The number of nitrogens with zero attached hydrogens (tertiary/aromatic N) is 1. The number of carbonyl (C=O) groups excluding carboxylic acids is 2. The monoisotopic (exact) mass is 364 g/mol. The molecule has 2 aromatic heterocycles. The smallest absolute Gasteiger partial charge is 0.341 e. The van der Waals surface area contributed by atoms with Gasteiger partial charge in [-0.15, -0.1) is 22.7 Å². The van der Waals surface area contributed by atoms with Gasteiger partial charge in [-0.2, -0.15) is 0 Å². The van der Waals surface area contributed by atoms with Crippen molar-refractivity contribution < 1.29 is 14.3 Å². The zero-order valence-electron chi connectivity index (χ0n) is 13.9. The number of rotatable bonds is 4. The molecule has 24 heavy (non-hydrogen) atoms. The minimum atomic E-state index is -0.382. The van der Waals surface area contributed by atoms with E-state index in [0.29, 0.717) is 21.5 Å². The number of amides is 1. The van der Waals surface area contributed by atoms with Gasteiger partial charge in [-0.1, -0.05) is 6.07 Å². The van der Waals surface area contributed by atoms with Crippen LogP contribution in [-0.2, 0) is 17.7 Å². The maximum absolute atomic E-state index is 12.4. The van der Waals surface area contributed by atoms with E-state index in [9.17, 15) is 9.59 Å². The van der Waals surface area contributed by atoms with Crippen molar-refractivity contribution in [1.82, 2.24) is 4.90 Å². The van der Waals surface area contributed by atoms with Crippen molar-refractivity contribution in [3.05, 3.63) is 38.4 Å². The summed E-state index contributed by atoms with van der Waals surface area (Å²) in [6, 6.07) is 4.05. The minimum Gasteiger partial charge on any atom is -0.465 e. The van der Waals surface area contributed by atoms with Crippen LogP contribution >= 0.6 is 22.7 Å². The van der Waals surface area contributed by atoms with Gasteiger partial charge < -0.3 is 10.1 Å². The van der Waals surface area contributed by atoms with Crippen LogP contribution in [0.5, 0.6) is 0 Å². The predicted molar refractivity (Wildman–Crippen MR) is 97.2 cm³/mol. The molecule has 1 N–H and O–H groups in total. The van der Waals surface area contributed by atoms with Gasteiger partial charge in [0.1, 0.15) is 5.00 Å². The standard InChI is InChI=1S/C17H20N2O3S2/c1-10(2)19-7-6-11-13(9-19)24-16(14(11)17(21)22-3)18-15(20)12-5-4-8-23-12/h4-5,8,10H,6-7,9H2,1-3H3,(H,18,20). The lowest BCUT2D eigenvalue weighted by Crippen LogP contribution is -2.35. The van der Waals surface area contributed by atoms with Crippen LogP contribution in [0.4, 0.5) is 5.00 Å².